The Morgan fingerprint density at radius 1 is 1.31 bits per heavy atom. The van der Waals surface area contributed by atoms with E-state index >= 15 is 0 Å². The van der Waals surface area contributed by atoms with E-state index in [9.17, 15) is 13.2 Å². The predicted octanol–water partition coefficient (Wildman–Crippen LogP) is 2.52. The maximum atomic E-state index is 12.6. The van der Waals surface area contributed by atoms with Crippen molar-refractivity contribution in [2.24, 2.45) is 0 Å². The van der Waals surface area contributed by atoms with Crippen LogP contribution < -0.4 is 10.2 Å². The number of pyridine rings is 1. The van der Waals surface area contributed by atoms with Gasteiger partial charge in [-0.25, -0.2) is 8.42 Å². The first-order valence-corrected chi connectivity index (χ1v) is 10.5. The summed E-state index contributed by atoms with van der Waals surface area (Å²) in [6.07, 6.45) is 3.01. The van der Waals surface area contributed by atoms with Gasteiger partial charge in [-0.05, 0) is 36.6 Å². The maximum Gasteiger partial charge on any atom is 0.274 e. The third-order valence-corrected chi connectivity index (χ3v) is 6.54. The van der Waals surface area contributed by atoms with Crippen LogP contribution in [-0.4, -0.2) is 43.9 Å². The third kappa shape index (κ3) is 4.04. The molecule has 138 valence electrons. The Hall–Kier alpha value is -2.41. The molecule has 1 aromatic heterocycles. The minimum Gasteiger partial charge on any atom is -0.370 e. The molecule has 1 aromatic carbocycles. The van der Waals surface area contributed by atoms with Crippen molar-refractivity contribution in [3.8, 4) is 0 Å². The molecule has 0 radical (unpaired) electrons. The number of sulfone groups is 1. The molecule has 2 heterocycles. The van der Waals surface area contributed by atoms with Gasteiger partial charge in [0.15, 0.2) is 9.84 Å². The molecule has 3 rings (SSSR count). The number of aromatic nitrogens is 1. The quantitative estimate of drug-likeness (QED) is 0.871. The molecule has 1 atom stereocenters. The Balaban J connectivity index is 1.77. The van der Waals surface area contributed by atoms with Crippen LogP contribution in [0.15, 0.2) is 42.6 Å². The average Bonchev–Trinajstić information content (AvgIpc) is 3.01. The topological polar surface area (TPSA) is 79.4 Å². The number of benzene rings is 1. The van der Waals surface area contributed by atoms with Gasteiger partial charge in [-0.15, -0.1) is 0 Å². The molecular formula is C19H23N3O3S. The lowest BCUT2D eigenvalue weighted by atomic mass is 10.1. The summed E-state index contributed by atoms with van der Waals surface area (Å²) in [4.78, 5) is 18.7. The van der Waals surface area contributed by atoms with Crippen molar-refractivity contribution in [1.29, 1.82) is 0 Å². The molecule has 1 fully saturated rings. The van der Waals surface area contributed by atoms with Crippen molar-refractivity contribution < 1.29 is 13.2 Å². The van der Waals surface area contributed by atoms with E-state index in [0.29, 0.717) is 12.1 Å². The van der Waals surface area contributed by atoms with Gasteiger partial charge in [0.1, 0.15) is 5.69 Å². The number of carbonyl (C=O) groups is 1. The summed E-state index contributed by atoms with van der Waals surface area (Å²) in [6, 6.07) is 11.1. The molecule has 1 aliphatic rings. The number of para-hydroxylation sites is 1. The van der Waals surface area contributed by atoms with Crippen molar-refractivity contribution in [1.82, 2.24) is 4.98 Å². The van der Waals surface area contributed by atoms with Crippen molar-refractivity contribution in [2.75, 3.05) is 28.8 Å². The predicted molar refractivity (Wildman–Crippen MR) is 103 cm³/mol. The Labute approximate surface area is 154 Å². The number of amides is 1. The Kier molecular flexibility index (Phi) is 5.27. The SMILES string of the molecule is CCc1ccccc1NC(=O)c1cc(N(C)C2CCS(=O)(=O)C2)ccn1. The zero-order chi connectivity index (χ0) is 18.7. The molecule has 0 bridgehead atoms. The molecule has 1 saturated heterocycles. The summed E-state index contributed by atoms with van der Waals surface area (Å²) in [7, 11) is -1.10. The summed E-state index contributed by atoms with van der Waals surface area (Å²) in [5, 5.41) is 2.91. The highest BCUT2D eigenvalue weighted by atomic mass is 32.2. The molecule has 1 amide bonds. The molecule has 6 nitrogen and oxygen atoms in total. The molecule has 0 spiro atoms. The molecular weight excluding hydrogens is 350 g/mol. The van der Waals surface area contributed by atoms with Gasteiger partial charge >= 0.3 is 0 Å². The van der Waals surface area contributed by atoms with E-state index in [4.69, 9.17) is 0 Å². The molecule has 1 aliphatic heterocycles. The van der Waals surface area contributed by atoms with E-state index in [1.807, 2.05) is 43.1 Å². The van der Waals surface area contributed by atoms with Gasteiger partial charge in [0, 0.05) is 30.7 Å². The fraction of sp³-hybridized carbons (Fsp3) is 0.368. The first-order valence-electron chi connectivity index (χ1n) is 8.68. The van der Waals surface area contributed by atoms with Gasteiger partial charge in [0.2, 0.25) is 0 Å². The van der Waals surface area contributed by atoms with Crippen molar-refractivity contribution in [2.45, 2.75) is 25.8 Å². The second-order valence-electron chi connectivity index (χ2n) is 6.53. The summed E-state index contributed by atoms with van der Waals surface area (Å²) < 4.78 is 23.4. The lowest BCUT2D eigenvalue weighted by Crippen LogP contribution is -2.32. The monoisotopic (exact) mass is 373 g/mol. The van der Waals surface area contributed by atoms with E-state index in [1.165, 1.54) is 0 Å². The fourth-order valence-corrected chi connectivity index (χ4v) is 4.97. The van der Waals surface area contributed by atoms with Crippen molar-refractivity contribution in [3.05, 3.63) is 53.9 Å². The van der Waals surface area contributed by atoms with Crippen LogP contribution in [0.1, 0.15) is 29.4 Å². The zero-order valence-corrected chi connectivity index (χ0v) is 15.8. The second kappa shape index (κ2) is 7.45. The molecule has 1 unspecified atom stereocenters. The van der Waals surface area contributed by atoms with Gasteiger partial charge in [-0.1, -0.05) is 25.1 Å². The summed E-state index contributed by atoms with van der Waals surface area (Å²) >= 11 is 0. The number of aryl methyl sites for hydroxylation is 1. The van der Waals surface area contributed by atoms with Gasteiger partial charge in [0.25, 0.3) is 5.91 Å². The minimum absolute atomic E-state index is 0.0703. The molecule has 1 N–H and O–H groups in total. The number of nitrogens with one attached hydrogen (secondary N) is 1. The molecule has 7 heteroatoms. The van der Waals surface area contributed by atoms with E-state index < -0.39 is 9.84 Å². The summed E-state index contributed by atoms with van der Waals surface area (Å²) in [5.41, 5.74) is 2.94. The molecule has 0 saturated carbocycles. The van der Waals surface area contributed by atoms with Gasteiger partial charge in [-0.3, -0.25) is 9.78 Å². The van der Waals surface area contributed by atoms with Crippen LogP contribution in [0.3, 0.4) is 0 Å². The highest BCUT2D eigenvalue weighted by Crippen LogP contribution is 2.23. The third-order valence-electron chi connectivity index (χ3n) is 4.79. The van der Waals surface area contributed by atoms with E-state index in [1.54, 1.807) is 18.3 Å². The Bertz CT molecular complexity index is 912. The number of anilines is 2. The van der Waals surface area contributed by atoms with Crippen LogP contribution >= 0.6 is 0 Å². The smallest absolute Gasteiger partial charge is 0.274 e. The van der Waals surface area contributed by atoms with Crippen LogP contribution in [0.5, 0.6) is 0 Å². The summed E-state index contributed by atoms with van der Waals surface area (Å²) in [6.45, 7) is 2.04. The minimum atomic E-state index is -2.96. The Morgan fingerprint density at radius 2 is 2.08 bits per heavy atom. The normalized spacial score (nSPS) is 18.5. The van der Waals surface area contributed by atoms with Crippen LogP contribution in [0.2, 0.25) is 0 Å². The first kappa shape index (κ1) is 18.4. The number of hydrogen-bond donors (Lipinski definition) is 1. The Morgan fingerprint density at radius 3 is 2.77 bits per heavy atom. The number of carbonyl (C=O) groups excluding carboxylic acids is 1. The average molecular weight is 373 g/mol. The first-order chi connectivity index (χ1) is 12.4. The molecule has 26 heavy (non-hydrogen) atoms. The van der Waals surface area contributed by atoms with Crippen molar-refractivity contribution >= 4 is 27.1 Å². The van der Waals surface area contributed by atoms with Crippen LogP contribution in [0, 0.1) is 0 Å². The lowest BCUT2D eigenvalue weighted by molar-refractivity contribution is 0.102. The number of hydrogen-bond acceptors (Lipinski definition) is 5. The van der Waals surface area contributed by atoms with Gasteiger partial charge in [0.05, 0.1) is 11.5 Å². The van der Waals surface area contributed by atoms with E-state index in [-0.39, 0.29) is 23.5 Å². The molecule has 2 aromatic rings. The summed E-state index contributed by atoms with van der Waals surface area (Å²) in [5.74, 6) is 0.0889. The maximum absolute atomic E-state index is 12.6. The largest absolute Gasteiger partial charge is 0.370 e. The highest BCUT2D eigenvalue weighted by molar-refractivity contribution is 7.91. The number of rotatable bonds is 5. The van der Waals surface area contributed by atoms with Crippen LogP contribution in [-0.2, 0) is 16.3 Å². The van der Waals surface area contributed by atoms with Crippen molar-refractivity contribution in [3.63, 3.8) is 0 Å². The van der Waals surface area contributed by atoms with Gasteiger partial charge in [-0.2, -0.15) is 0 Å². The van der Waals surface area contributed by atoms with E-state index in [0.717, 1.165) is 23.4 Å². The van der Waals surface area contributed by atoms with Crippen LogP contribution in [0.4, 0.5) is 11.4 Å². The fourth-order valence-electron chi connectivity index (χ4n) is 3.19. The van der Waals surface area contributed by atoms with Crippen LogP contribution in [0.25, 0.3) is 0 Å². The van der Waals surface area contributed by atoms with E-state index in [2.05, 4.69) is 10.3 Å². The standard InChI is InChI=1S/C19H23N3O3S/c1-3-14-6-4-5-7-17(14)21-19(23)18-12-15(8-10-20-18)22(2)16-9-11-26(24,25)13-16/h4-8,10,12,16H,3,9,11,13H2,1-2H3,(H,21,23). The second-order valence-corrected chi connectivity index (χ2v) is 8.76. The lowest BCUT2D eigenvalue weighted by Gasteiger charge is -2.25. The van der Waals surface area contributed by atoms with Gasteiger partial charge < -0.3 is 10.2 Å². The number of nitrogens with zero attached hydrogens (tertiary/aromatic N) is 2. The molecule has 0 aliphatic carbocycles. The highest BCUT2D eigenvalue weighted by Gasteiger charge is 2.31. The zero-order valence-electron chi connectivity index (χ0n) is 15.0.